The van der Waals surface area contributed by atoms with Crippen molar-refractivity contribution in [2.24, 2.45) is 0 Å². The van der Waals surface area contributed by atoms with Gasteiger partial charge in [0.1, 0.15) is 6.10 Å². The van der Waals surface area contributed by atoms with Crippen molar-refractivity contribution in [3.8, 4) is 0 Å². The minimum Gasteiger partial charge on any atom is -0.434 e. The molecule has 50 heavy (non-hydrogen) atoms. The second-order valence-corrected chi connectivity index (χ2v) is 14.6. The largest absolute Gasteiger partial charge is 0.508 e. The molecule has 0 aromatic rings. The zero-order chi connectivity index (χ0) is 36.6. The number of allylic oxidation sites excluding steroid dienone is 5. The number of ether oxygens (including phenoxy) is 3. The molecule has 0 radical (unpaired) electrons. The molecule has 0 aliphatic carbocycles. The summed E-state index contributed by atoms with van der Waals surface area (Å²) in [6.45, 7) is 6.91. The number of unbranched alkanes of at least 4 members (excludes halogenated alkanes) is 18. The van der Waals surface area contributed by atoms with E-state index in [1.54, 1.807) is 0 Å². The number of aliphatic hydroxyl groups excluding tert-OH is 1. The third kappa shape index (κ3) is 39.2. The van der Waals surface area contributed by atoms with E-state index in [-0.39, 0.29) is 12.2 Å². The first-order chi connectivity index (χ1) is 24.5. The van der Waals surface area contributed by atoms with Gasteiger partial charge < -0.3 is 24.2 Å². The van der Waals surface area contributed by atoms with Crippen LogP contribution in [0.5, 0.6) is 0 Å². The van der Waals surface area contributed by atoms with Crippen molar-refractivity contribution in [1.29, 1.82) is 0 Å². The van der Waals surface area contributed by atoms with Crippen molar-refractivity contribution in [3.05, 3.63) is 36.5 Å². The summed E-state index contributed by atoms with van der Waals surface area (Å²) in [7, 11) is 4.03. The molecule has 0 saturated carbocycles. The van der Waals surface area contributed by atoms with Crippen LogP contribution in [-0.2, 0) is 14.2 Å². The molecule has 6 heteroatoms. The van der Waals surface area contributed by atoms with E-state index in [1.165, 1.54) is 109 Å². The molecule has 0 saturated heterocycles. The van der Waals surface area contributed by atoms with Crippen LogP contribution in [0.1, 0.15) is 187 Å². The minimum atomic E-state index is -0.567. The van der Waals surface area contributed by atoms with E-state index in [9.17, 15) is 9.90 Å². The second-order valence-electron chi connectivity index (χ2n) is 14.6. The molecule has 2 atom stereocenters. The molecule has 6 nitrogen and oxygen atoms in total. The summed E-state index contributed by atoms with van der Waals surface area (Å²) in [4.78, 5) is 14.4. The number of hydrogen-bond acceptors (Lipinski definition) is 6. The van der Waals surface area contributed by atoms with Crippen LogP contribution in [0, 0.1) is 0 Å². The van der Waals surface area contributed by atoms with E-state index in [4.69, 9.17) is 14.2 Å². The first-order valence-corrected chi connectivity index (χ1v) is 21.2. The predicted octanol–water partition coefficient (Wildman–Crippen LogP) is 12.7. The molecule has 0 aromatic heterocycles. The second kappa shape index (κ2) is 40.1. The smallest absolute Gasteiger partial charge is 0.434 e. The van der Waals surface area contributed by atoms with E-state index < -0.39 is 6.16 Å². The molecule has 1 N–H and O–H groups in total. The average molecular weight is 706 g/mol. The van der Waals surface area contributed by atoms with E-state index >= 15 is 0 Å². The highest BCUT2D eigenvalue weighted by atomic mass is 16.7. The Kier molecular flexibility index (Phi) is 38.8. The van der Waals surface area contributed by atoms with Gasteiger partial charge in [0.25, 0.3) is 0 Å². The first kappa shape index (κ1) is 48.4. The highest BCUT2D eigenvalue weighted by molar-refractivity contribution is 5.60. The summed E-state index contributed by atoms with van der Waals surface area (Å²) < 4.78 is 17.0. The molecule has 294 valence electrons. The van der Waals surface area contributed by atoms with Gasteiger partial charge in [0.15, 0.2) is 0 Å². The van der Waals surface area contributed by atoms with E-state index in [2.05, 4.69) is 55.2 Å². The quantitative estimate of drug-likeness (QED) is 0.0392. The lowest BCUT2D eigenvalue weighted by molar-refractivity contribution is -0.0211. The molecule has 0 aliphatic heterocycles. The zero-order valence-corrected chi connectivity index (χ0v) is 33.6. The number of carbonyl (C=O) groups is 1. The van der Waals surface area contributed by atoms with E-state index in [1.807, 2.05) is 14.1 Å². The fraction of sp³-hybridized carbons (Fsp3) is 0.841. The van der Waals surface area contributed by atoms with Gasteiger partial charge in [-0.15, -0.1) is 0 Å². The SMILES string of the molecule is CCCCC/C=C\C/C=C\CCCCCCCCOCC(CCCCCCCC/C=C\C[C@H](O)CCCCCC)OC(=O)OCCCN(C)C. The Bertz CT molecular complexity index is 780. The Hall–Kier alpha value is -1.63. The number of rotatable bonds is 38. The third-order valence-corrected chi connectivity index (χ3v) is 9.14. The van der Waals surface area contributed by atoms with Gasteiger partial charge in [-0.25, -0.2) is 4.79 Å². The average Bonchev–Trinajstić information content (AvgIpc) is 3.10. The summed E-state index contributed by atoms with van der Waals surface area (Å²) in [6, 6.07) is 0. The first-order valence-electron chi connectivity index (χ1n) is 21.2. The summed E-state index contributed by atoms with van der Waals surface area (Å²) in [5.74, 6) is 0. The maximum atomic E-state index is 12.3. The normalized spacial score (nSPS) is 13.3. The van der Waals surface area contributed by atoms with Gasteiger partial charge in [0, 0.05) is 13.2 Å². The van der Waals surface area contributed by atoms with Gasteiger partial charge in [0.05, 0.1) is 19.3 Å². The van der Waals surface area contributed by atoms with Crippen LogP contribution in [0.2, 0.25) is 0 Å². The summed E-state index contributed by atoms with van der Waals surface area (Å²) in [5.41, 5.74) is 0. The number of nitrogens with zero attached hydrogens (tertiary/aromatic N) is 1. The van der Waals surface area contributed by atoms with Crippen LogP contribution >= 0.6 is 0 Å². The monoisotopic (exact) mass is 706 g/mol. The van der Waals surface area contributed by atoms with Gasteiger partial charge in [-0.2, -0.15) is 0 Å². The lowest BCUT2D eigenvalue weighted by atomic mass is 10.1. The van der Waals surface area contributed by atoms with Gasteiger partial charge in [-0.05, 0) is 97.6 Å². The Labute approximate surface area is 310 Å². The Morgan fingerprint density at radius 1 is 0.600 bits per heavy atom. The van der Waals surface area contributed by atoms with Crippen LogP contribution in [-0.4, -0.2) is 68.8 Å². The lowest BCUT2D eigenvalue weighted by Crippen LogP contribution is -2.25. The van der Waals surface area contributed by atoms with E-state index in [0.717, 1.165) is 77.4 Å². The van der Waals surface area contributed by atoms with Crippen molar-refractivity contribution in [3.63, 3.8) is 0 Å². The van der Waals surface area contributed by atoms with Crippen LogP contribution in [0.15, 0.2) is 36.5 Å². The van der Waals surface area contributed by atoms with Crippen LogP contribution in [0.3, 0.4) is 0 Å². The fourth-order valence-electron chi connectivity index (χ4n) is 5.93. The maximum Gasteiger partial charge on any atom is 0.508 e. The van der Waals surface area contributed by atoms with Crippen molar-refractivity contribution < 1.29 is 24.1 Å². The summed E-state index contributed by atoms with van der Waals surface area (Å²) in [5, 5.41) is 10.1. The van der Waals surface area contributed by atoms with Crippen molar-refractivity contribution >= 4 is 6.16 Å². The van der Waals surface area contributed by atoms with Crippen LogP contribution in [0.25, 0.3) is 0 Å². The molecule has 0 fully saturated rings. The van der Waals surface area contributed by atoms with Gasteiger partial charge >= 0.3 is 6.16 Å². The standard InChI is InChI=1S/C44H83NO5/c1-5-7-9-11-12-13-14-15-16-17-18-19-23-26-29-33-39-48-41-43(50-44(47)49-40-34-38-45(3)4)37-32-28-25-22-20-21-24-27-31-36-42(46)35-30-10-8-6-2/h12-13,15-16,27,31,42-43,46H,5-11,14,17-26,28-30,32-41H2,1-4H3/b13-12-,16-15-,31-27-/t42-,43?/m1/s1. The van der Waals surface area contributed by atoms with Crippen LogP contribution in [0.4, 0.5) is 4.79 Å². The Balaban J connectivity index is 4.04. The zero-order valence-electron chi connectivity index (χ0n) is 33.6. The molecular formula is C44H83NO5. The Morgan fingerprint density at radius 2 is 1.12 bits per heavy atom. The molecule has 1 unspecified atom stereocenters. The van der Waals surface area contributed by atoms with Gasteiger partial charge in [-0.1, -0.05) is 140 Å². The number of carbonyl (C=O) groups excluding carboxylic acids is 1. The highest BCUT2D eigenvalue weighted by Gasteiger charge is 2.16. The Morgan fingerprint density at radius 3 is 1.76 bits per heavy atom. The third-order valence-electron chi connectivity index (χ3n) is 9.14. The molecule has 0 heterocycles. The molecule has 0 aromatic carbocycles. The lowest BCUT2D eigenvalue weighted by Gasteiger charge is -2.18. The van der Waals surface area contributed by atoms with E-state index in [0.29, 0.717) is 13.2 Å². The molecule has 0 aliphatic rings. The molecule has 0 bridgehead atoms. The van der Waals surface area contributed by atoms with Crippen LogP contribution < -0.4 is 0 Å². The summed E-state index contributed by atoms with van der Waals surface area (Å²) in [6.07, 6.45) is 43.9. The number of aliphatic hydroxyl groups is 1. The molecule has 0 spiro atoms. The fourth-order valence-corrected chi connectivity index (χ4v) is 5.93. The number of hydrogen-bond donors (Lipinski definition) is 1. The summed E-state index contributed by atoms with van der Waals surface area (Å²) >= 11 is 0. The molecular weight excluding hydrogens is 622 g/mol. The maximum absolute atomic E-state index is 12.3. The molecule has 0 amide bonds. The van der Waals surface area contributed by atoms with Crippen molar-refractivity contribution in [2.45, 2.75) is 199 Å². The van der Waals surface area contributed by atoms with Gasteiger partial charge in [-0.3, -0.25) is 0 Å². The molecule has 0 rings (SSSR count). The van der Waals surface area contributed by atoms with Crippen molar-refractivity contribution in [1.82, 2.24) is 4.90 Å². The minimum absolute atomic E-state index is 0.179. The topological polar surface area (TPSA) is 68.2 Å². The highest BCUT2D eigenvalue weighted by Crippen LogP contribution is 2.14. The predicted molar refractivity (Wildman–Crippen MR) is 215 cm³/mol. The van der Waals surface area contributed by atoms with Gasteiger partial charge in [0.2, 0.25) is 0 Å². The van der Waals surface area contributed by atoms with Crippen molar-refractivity contribution in [2.75, 3.05) is 40.5 Å².